The molecule has 3 N–H and O–H groups in total. The van der Waals surface area contributed by atoms with Gasteiger partial charge in [0.15, 0.2) is 11.5 Å². The van der Waals surface area contributed by atoms with E-state index in [2.05, 4.69) is 44.2 Å². The number of anilines is 1. The van der Waals surface area contributed by atoms with Crippen LogP contribution in [-0.4, -0.2) is 31.2 Å². The molecule has 2 aromatic heterocycles. The van der Waals surface area contributed by atoms with Gasteiger partial charge < -0.3 is 15.5 Å². The second kappa shape index (κ2) is 9.68. The van der Waals surface area contributed by atoms with Crippen LogP contribution >= 0.6 is 0 Å². The number of halogens is 1. The maximum absolute atomic E-state index is 12.6. The van der Waals surface area contributed by atoms with E-state index in [1.54, 1.807) is 6.07 Å². The molecule has 1 aliphatic carbocycles. The van der Waals surface area contributed by atoms with Crippen molar-refractivity contribution in [1.29, 1.82) is 0 Å². The summed E-state index contributed by atoms with van der Waals surface area (Å²) < 4.78 is 18.6. The summed E-state index contributed by atoms with van der Waals surface area (Å²) in [5, 5.41) is 0. The molecule has 0 bridgehead atoms. The molecule has 2 aromatic carbocycles. The van der Waals surface area contributed by atoms with Crippen molar-refractivity contribution < 1.29 is 9.13 Å². The highest BCUT2D eigenvalue weighted by Crippen LogP contribution is 2.39. The summed E-state index contributed by atoms with van der Waals surface area (Å²) in [6, 6.07) is 13.3. The summed E-state index contributed by atoms with van der Waals surface area (Å²) in [7, 11) is 0. The lowest BCUT2D eigenvalue weighted by Crippen LogP contribution is -2.41. The van der Waals surface area contributed by atoms with E-state index in [4.69, 9.17) is 15.5 Å². The quantitative estimate of drug-likeness (QED) is 0.341. The zero-order chi connectivity index (χ0) is 25.3. The Morgan fingerprint density at radius 2 is 1.78 bits per heavy atom. The van der Waals surface area contributed by atoms with Crippen molar-refractivity contribution in [2.45, 2.75) is 64.4 Å². The molecule has 36 heavy (non-hydrogen) atoms. The minimum atomic E-state index is -0.569. The van der Waals surface area contributed by atoms with E-state index in [1.807, 2.05) is 20.8 Å². The van der Waals surface area contributed by atoms with Crippen LogP contribution in [0.1, 0.15) is 68.8 Å². The number of benzene rings is 2. The molecule has 0 spiro atoms. The van der Waals surface area contributed by atoms with Gasteiger partial charge in [-0.05, 0) is 63.3 Å². The molecule has 2 aliphatic rings. The van der Waals surface area contributed by atoms with Crippen LogP contribution in [0.15, 0.2) is 53.8 Å². The highest BCUT2D eigenvalue weighted by Gasteiger charge is 2.35. The largest absolute Gasteiger partial charge is 0.463 e. The summed E-state index contributed by atoms with van der Waals surface area (Å²) in [6.07, 6.45) is 8.07. The Morgan fingerprint density at radius 3 is 2.53 bits per heavy atom. The van der Waals surface area contributed by atoms with E-state index in [0.29, 0.717) is 23.3 Å². The van der Waals surface area contributed by atoms with Crippen molar-refractivity contribution in [1.82, 2.24) is 19.9 Å². The summed E-state index contributed by atoms with van der Waals surface area (Å²) in [6.45, 7) is 5.85. The van der Waals surface area contributed by atoms with Crippen molar-refractivity contribution in [3.8, 4) is 5.88 Å². The van der Waals surface area contributed by atoms with Crippen LogP contribution in [0.25, 0.3) is 11.0 Å². The Bertz CT molecular complexity index is 1400. The smallest absolute Gasteiger partial charge is 0.246 e. The highest BCUT2D eigenvalue weighted by atomic mass is 19.1. The zero-order valence-corrected chi connectivity index (χ0v) is 20.9. The van der Waals surface area contributed by atoms with E-state index in [0.717, 1.165) is 28.1 Å². The minimum Gasteiger partial charge on any atom is -0.463 e. The van der Waals surface area contributed by atoms with Gasteiger partial charge in [0.05, 0.1) is 16.7 Å². The summed E-state index contributed by atoms with van der Waals surface area (Å²) in [5.41, 5.74) is 10.8. The van der Waals surface area contributed by atoms with Gasteiger partial charge >= 0.3 is 0 Å². The van der Waals surface area contributed by atoms with Crippen molar-refractivity contribution in [2.75, 3.05) is 5.73 Å². The third-order valence-electron chi connectivity index (χ3n) is 6.79. The van der Waals surface area contributed by atoms with Crippen molar-refractivity contribution in [3.05, 3.63) is 71.6 Å². The zero-order valence-electron chi connectivity index (χ0n) is 20.9. The number of imidazole rings is 1. The van der Waals surface area contributed by atoms with Crippen molar-refractivity contribution in [3.63, 3.8) is 0 Å². The van der Waals surface area contributed by atoms with Gasteiger partial charge in [0.2, 0.25) is 5.88 Å². The highest BCUT2D eigenvalue weighted by molar-refractivity contribution is 6.09. The molecule has 1 aliphatic heterocycles. The molecule has 1 fully saturated rings. The normalized spacial score (nSPS) is 16.9. The van der Waals surface area contributed by atoms with Gasteiger partial charge in [-0.1, -0.05) is 43.5 Å². The van der Waals surface area contributed by atoms with Gasteiger partial charge in [0, 0.05) is 5.56 Å². The van der Waals surface area contributed by atoms with Gasteiger partial charge in [-0.15, -0.1) is 0 Å². The van der Waals surface area contributed by atoms with Crippen LogP contribution in [0.5, 0.6) is 5.88 Å². The maximum atomic E-state index is 12.6. The van der Waals surface area contributed by atoms with Crippen LogP contribution in [0.4, 0.5) is 15.9 Å². The van der Waals surface area contributed by atoms with Gasteiger partial charge in [-0.25, -0.2) is 19.4 Å². The van der Waals surface area contributed by atoms with Crippen LogP contribution in [0.3, 0.4) is 0 Å². The molecule has 8 heteroatoms. The number of fused-ring (bicyclic) bond motifs is 2. The van der Waals surface area contributed by atoms with Gasteiger partial charge in [0.1, 0.15) is 23.6 Å². The molecule has 3 heterocycles. The van der Waals surface area contributed by atoms with E-state index in [9.17, 15) is 4.39 Å². The first kappa shape index (κ1) is 23.9. The average molecular weight is 487 g/mol. The first-order chi connectivity index (χ1) is 17.3. The number of H-pyrrole nitrogens is 1. The minimum absolute atomic E-state index is 0.235. The predicted octanol–water partition coefficient (Wildman–Crippen LogP) is 6.41. The average Bonchev–Trinajstić information content (AvgIpc) is 3.23. The summed E-state index contributed by atoms with van der Waals surface area (Å²) in [4.78, 5) is 20.0. The van der Waals surface area contributed by atoms with Gasteiger partial charge in [0.25, 0.3) is 0 Å². The number of nitrogens with one attached hydrogen (secondary N) is 1. The Kier molecular flexibility index (Phi) is 6.43. The number of nitrogens with two attached hydrogens (primary N) is 1. The third-order valence-corrected chi connectivity index (χ3v) is 6.79. The number of hydrogen-bond donors (Lipinski definition) is 2. The van der Waals surface area contributed by atoms with Crippen LogP contribution in [0.2, 0.25) is 0 Å². The Hall–Kier alpha value is -3.81. The Labute approximate surface area is 210 Å². The molecule has 6 rings (SSSR count). The van der Waals surface area contributed by atoms with Crippen LogP contribution < -0.4 is 10.5 Å². The number of rotatable bonds is 2. The molecule has 0 amide bonds. The standard InChI is InChI=1S/C20H24N4O.C8H7FN2/c1-20(2)17(24-16-18(21)22-12-23-19(16)25-20)15-10-8-14(9-11-15)13-6-4-3-5-7-13;1-5-10-7-3-2-6(9)4-8(7)11-5/h8-13H,3-7H2,1-2H3,(H2,21,22,23);2-4H,1H3,(H,10,11). The fourth-order valence-electron chi connectivity index (χ4n) is 4.96. The second-order valence-electron chi connectivity index (χ2n) is 9.93. The number of ether oxygens (including phenoxy) is 1. The number of nitrogen functional groups attached to an aromatic ring is 1. The fraction of sp³-hybridized carbons (Fsp3) is 0.357. The molecule has 0 radical (unpaired) electrons. The monoisotopic (exact) mass is 486 g/mol. The lowest BCUT2D eigenvalue weighted by molar-refractivity contribution is 0.171. The number of nitrogens with zero attached hydrogens (tertiary/aromatic N) is 4. The first-order valence-corrected chi connectivity index (χ1v) is 12.4. The molecule has 7 nitrogen and oxygen atoms in total. The Morgan fingerprint density at radius 1 is 1.03 bits per heavy atom. The van der Waals surface area contributed by atoms with Crippen molar-refractivity contribution in [2.24, 2.45) is 4.99 Å². The van der Waals surface area contributed by atoms with E-state index < -0.39 is 5.60 Å². The van der Waals surface area contributed by atoms with Gasteiger partial charge in [-0.3, -0.25) is 0 Å². The number of aryl methyl sites for hydroxylation is 1. The van der Waals surface area contributed by atoms with E-state index in [1.165, 1.54) is 56.1 Å². The third kappa shape index (κ3) is 4.94. The number of hydrogen-bond acceptors (Lipinski definition) is 6. The second-order valence-corrected chi connectivity index (χ2v) is 9.93. The number of aromatic nitrogens is 4. The maximum Gasteiger partial charge on any atom is 0.246 e. The van der Waals surface area contributed by atoms with E-state index in [-0.39, 0.29) is 5.82 Å². The molecule has 1 saturated carbocycles. The summed E-state index contributed by atoms with van der Waals surface area (Å²) in [5.74, 6) is 2.06. The number of aromatic amines is 1. The first-order valence-electron chi connectivity index (χ1n) is 12.4. The van der Waals surface area contributed by atoms with E-state index >= 15 is 0 Å². The predicted molar refractivity (Wildman–Crippen MR) is 140 cm³/mol. The molecule has 0 atom stereocenters. The lowest BCUT2D eigenvalue weighted by Gasteiger charge is -2.32. The van der Waals surface area contributed by atoms with Gasteiger partial charge in [-0.2, -0.15) is 4.98 Å². The molecular formula is C28H31FN6O. The molecular weight excluding hydrogens is 455 g/mol. The Balaban J connectivity index is 0.000000202. The summed E-state index contributed by atoms with van der Waals surface area (Å²) >= 11 is 0. The lowest BCUT2D eigenvalue weighted by atomic mass is 9.83. The van der Waals surface area contributed by atoms with Crippen LogP contribution in [-0.2, 0) is 0 Å². The fourth-order valence-corrected chi connectivity index (χ4v) is 4.96. The topological polar surface area (TPSA) is 102 Å². The molecule has 186 valence electrons. The molecule has 4 aromatic rings. The molecule has 0 unspecified atom stereocenters. The number of aliphatic imine (C=N–C) groups is 1. The van der Waals surface area contributed by atoms with Crippen molar-refractivity contribution >= 4 is 28.3 Å². The SMILES string of the molecule is CC1(C)Oc2ncnc(N)c2N=C1c1ccc(C2CCCCC2)cc1.Cc1nc2ccc(F)cc2[nH]1. The molecule has 0 saturated heterocycles. The van der Waals surface area contributed by atoms with Crippen LogP contribution in [0, 0.1) is 12.7 Å².